The highest BCUT2D eigenvalue weighted by molar-refractivity contribution is 5.84. The molecule has 1 aromatic heterocycles. The molecule has 3 heteroatoms. The van der Waals surface area contributed by atoms with Crippen LogP contribution in [-0.2, 0) is 7.05 Å². The van der Waals surface area contributed by atoms with Gasteiger partial charge in [0.15, 0.2) is 0 Å². The maximum absolute atomic E-state index is 5.51. The number of para-hydroxylation sites is 3. The first kappa shape index (κ1) is 16.4. The van der Waals surface area contributed by atoms with E-state index in [1.165, 1.54) is 16.5 Å². The monoisotopic (exact) mass is 322 g/mol. The summed E-state index contributed by atoms with van der Waals surface area (Å²) in [6.45, 7) is 4.53. The molecule has 0 aliphatic heterocycles. The summed E-state index contributed by atoms with van der Waals surface area (Å²) in [5.41, 5.74) is 3.65. The number of ether oxygens (including phenoxy) is 1. The molecule has 0 saturated heterocycles. The van der Waals surface area contributed by atoms with E-state index in [0.29, 0.717) is 5.92 Å². The molecule has 1 N–H and O–H groups in total. The topological polar surface area (TPSA) is 26.2 Å². The molecule has 1 unspecified atom stereocenters. The van der Waals surface area contributed by atoms with Crippen LogP contribution in [0.2, 0.25) is 0 Å². The summed E-state index contributed by atoms with van der Waals surface area (Å²) in [5.74, 6) is 1.47. The van der Waals surface area contributed by atoms with E-state index in [2.05, 4.69) is 67.3 Å². The van der Waals surface area contributed by atoms with Crippen molar-refractivity contribution in [3.63, 3.8) is 0 Å². The van der Waals surface area contributed by atoms with E-state index in [4.69, 9.17) is 4.74 Å². The first-order valence-electron chi connectivity index (χ1n) is 8.53. The third-order valence-corrected chi connectivity index (χ3v) is 4.45. The van der Waals surface area contributed by atoms with Crippen LogP contribution in [0, 0.1) is 5.92 Å². The Morgan fingerprint density at radius 1 is 1.04 bits per heavy atom. The van der Waals surface area contributed by atoms with E-state index in [1.807, 2.05) is 18.2 Å². The minimum absolute atomic E-state index is 0.243. The van der Waals surface area contributed by atoms with Gasteiger partial charge in [-0.25, -0.2) is 0 Å². The van der Waals surface area contributed by atoms with Gasteiger partial charge in [-0.1, -0.05) is 44.2 Å². The van der Waals surface area contributed by atoms with Gasteiger partial charge in [-0.15, -0.1) is 0 Å². The second-order valence-corrected chi connectivity index (χ2v) is 6.74. The van der Waals surface area contributed by atoms with Crippen molar-refractivity contribution in [2.24, 2.45) is 13.0 Å². The molecule has 1 heterocycles. The Morgan fingerprint density at radius 2 is 1.75 bits per heavy atom. The number of benzene rings is 2. The maximum Gasteiger partial charge on any atom is 0.141 e. The molecule has 0 radical (unpaired) electrons. The van der Waals surface area contributed by atoms with Crippen LogP contribution in [0.3, 0.4) is 0 Å². The lowest BCUT2D eigenvalue weighted by molar-refractivity contribution is 0.415. The fourth-order valence-corrected chi connectivity index (χ4v) is 3.34. The van der Waals surface area contributed by atoms with Crippen molar-refractivity contribution in [1.82, 2.24) is 4.57 Å². The van der Waals surface area contributed by atoms with E-state index in [0.717, 1.165) is 17.9 Å². The predicted molar refractivity (Wildman–Crippen MR) is 102 cm³/mol. The van der Waals surface area contributed by atoms with Gasteiger partial charge in [0.2, 0.25) is 0 Å². The molecule has 1 atom stereocenters. The maximum atomic E-state index is 5.51. The normalized spacial score (nSPS) is 12.5. The molecular formula is C21H26N2O. The van der Waals surface area contributed by atoms with Crippen molar-refractivity contribution in [3.05, 3.63) is 60.3 Å². The van der Waals surface area contributed by atoms with Gasteiger partial charge in [-0.05, 0) is 36.1 Å². The third kappa shape index (κ3) is 3.25. The van der Waals surface area contributed by atoms with Crippen LogP contribution in [0.1, 0.15) is 31.9 Å². The minimum Gasteiger partial charge on any atom is -0.495 e. The second kappa shape index (κ2) is 7.00. The van der Waals surface area contributed by atoms with Gasteiger partial charge in [0.05, 0.1) is 18.8 Å². The Kier molecular flexibility index (Phi) is 4.79. The molecule has 2 aromatic carbocycles. The van der Waals surface area contributed by atoms with Gasteiger partial charge in [0.25, 0.3) is 0 Å². The first-order valence-corrected chi connectivity index (χ1v) is 8.53. The third-order valence-electron chi connectivity index (χ3n) is 4.45. The summed E-state index contributed by atoms with van der Waals surface area (Å²) in [6.07, 6.45) is 3.31. The van der Waals surface area contributed by atoms with Gasteiger partial charge in [0.1, 0.15) is 5.75 Å². The summed E-state index contributed by atoms with van der Waals surface area (Å²) in [6, 6.07) is 17.0. The summed E-state index contributed by atoms with van der Waals surface area (Å²) >= 11 is 0. The Hall–Kier alpha value is -2.42. The lowest BCUT2D eigenvalue weighted by Gasteiger charge is -2.23. The molecule has 126 valence electrons. The van der Waals surface area contributed by atoms with Gasteiger partial charge in [-0.2, -0.15) is 0 Å². The largest absolute Gasteiger partial charge is 0.495 e. The van der Waals surface area contributed by atoms with Crippen LogP contribution in [0.25, 0.3) is 10.9 Å². The summed E-state index contributed by atoms with van der Waals surface area (Å²) < 4.78 is 7.72. The number of aryl methyl sites for hydroxylation is 1. The predicted octanol–water partition coefficient (Wildman–Crippen LogP) is 5.39. The number of hydrogen-bond donors (Lipinski definition) is 1. The number of nitrogens with one attached hydrogen (secondary N) is 1. The quantitative estimate of drug-likeness (QED) is 0.659. The number of rotatable bonds is 6. The van der Waals surface area contributed by atoms with E-state index in [9.17, 15) is 0 Å². The van der Waals surface area contributed by atoms with E-state index < -0.39 is 0 Å². The van der Waals surface area contributed by atoms with Crippen LogP contribution in [0.15, 0.2) is 54.7 Å². The number of fused-ring (bicyclic) bond motifs is 1. The molecule has 0 bridgehead atoms. The average molecular weight is 322 g/mol. The number of methoxy groups -OCH3 is 1. The Balaban J connectivity index is 2.03. The number of aromatic nitrogens is 1. The van der Waals surface area contributed by atoms with E-state index >= 15 is 0 Å². The number of anilines is 1. The molecule has 0 fully saturated rings. The zero-order valence-electron chi connectivity index (χ0n) is 14.9. The Morgan fingerprint density at radius 3 is 2.50 bits per heavy atom. The lowest BCUT2D eigenvalue weighted by Crippen LogP contribution is -2.13. The van der Waals surface area contributed by atoms with Gasteiger partial charge < -0.3 is 14.6 Å². The average Bonchev–Trinajstić information content (AvgIpc) is 2.92. The van der Waals surface area contributed by atoms with Crippen LogP contribution < -0.4 is 10.1 Å². The molecular weight excluding hydrogens is 296 g/mol. The van der Waals surface area contributed by atoms with E-state index in [1.54, 1.807) is 7.11 Å². The van der Waals surface area contributed by atoms with E-state index in [-0.39, 0.29) is 6.04 Å². The Bertz CT molecular complexity index is 820. The zero-order valence-corrected chi connectivity index (χ0v) is 14.9. The fourth-order valence-electron chi connectivity index (χ4n) is 3.34. The number of hydrogen-bond acceptors (Lipinski definition) is 2. The lowest BCUT2D eigenvalue weighted by atomic mass is 9.96. The molecule has 0 aliphatic carbocycles. The summed E-state index contributed by atoms with van der Waals surface area (Å²) in [5, 5.41) is 5.03. The van der Waals surface area contributed by atoms with Crippen LogP contribution in [0.5, 0.6) is 5.75 Å². The first-order chi connectivity index (χ1) is 11.6. The molecule has 0 amide bonds. The molecule has 0 spiro atoms. The van der Waals surface area contributed by atoms with Gasteiger partial charge in [-0.3, -0.25) is 0 Å². The molecule has 0 aliphatic rings. The van der Waals surface area contributed by atoms with Crippen molar-refractivity contribution < 1.29 is 4.74 Å². The van der Waals surface area contributed by atoms with Crippen molar-refractivity contribution >= 4 is 16.6 Å². The summed E-state index contributed by atoms with van der Waals surface area (Å²) in [4.78, 5) is 0. The smallest absolute Gasteiger partial charge is 0.141 e. The highest BCUT2D eigenvalue weighted by atomic mass is 16.5. The van der Waals surface area contributed by atoms with Crippen molar-refractivity contribution in [3.8, 4) is 5.75 Å². The van der Waals surface area contributed by atoms with Crippen molar-refractivity contribution in [1.29, 1.82) is 0 Å². The molecule has 24 heavy (non-hydrogen) atoms. The highest BCUT2D eigenvalue weighted by Gasteiger charge is 2.19. The molecule has 0 saturated carbocycles. The SMILES string of the molecule is COc1ccccc1NC(CC(C)C)c1cn(C)c2ccccc12. The van der Waals surface area contributed by atoms with Crippen molar-refractivity contribution in [2.45, 2.75) is 26.3 Å². The standard InChI is InChI=1S/C21H26N2O/c1-15(2)13-19(22-18-10-6-8-12-21(18)24-4)17-14-23(3)20-11-7-5-9-16(17)20/h5-12,14-15,19,22H,13H2,1-4H3. The van der Waals surface area contributed by atoms with Crippen LogP contribution in [0.4, 0.5) is 5.69 Å². The second-order valence-electron chi connectivity index (χ2n) is 6.74. The molecule has 3 rings (SSSR count). The highest BCUT2D eigenvalue weighted by Crippen LogP contribution is 2.35. The molecule has 3 aromatic rings. The Labute approximate surface area is 144 Å². The summed E-state index contributed by atoms with van der Waals surface area (Å²) in [7, 11) is 3.83. The van der Waals surface area contributed by atoms with Crippen LogP contribution in [-0.4, -0.2) is 11.7 Å². The van der Waals surface area contributed by atoms with Crippen LogP contribution >= 0.6 is 0 Å². The van der Waals surface area contributed by atoms with Crippen molar-refractivity contribution in [2.75, 3.05) is 12.4 Å². The van der Waals surface area contributed by atoms with Gasteiger partial charge >= 0.3 is 0 Å². The minimum atomic E-state index is 0.243. The number of nitrogens with zero attached hydrogens (tertiary/aromatic N) is 1. The van der Waals surface area contributed by atoms with Gasteiger partial charge in [0, 0.05) is 24.1 Å². The molecule has 3 nitrogen and oxygen atoms in total. The fraction of sp³-hybridized carbons (Fsp3) is 0.333. The zero-order chi connectivity index (χ0) is 17.1.